The van der Waals surface area contributed by atoms with Crippen molar-refractivity contribution in [2.45, 2.75) is 0 Å². The van der Waals surface area contributed by atoms with Gasteiger partial charge >= 0.3 is 60.9 Å². The summed E-state index contributed by atoms with van der Waals surface area (Å²) in [6.07, 6.45) is 0. The SMILES string of the molecule is I[I-]I.O=S(=O)(O)O. The van der Waals surface area contributed by atoms with Gasteiger partial charge < -0.3 is 0 Å². The van der Waals surface area contributed by atoms with Crippen LogP contribution in [0, 0.1) is 0 Å². The minimum absolute atomic E-state index is 0.530. The Kier molecular flexibility index (Phi) is 11.4. The third-order valence-electron chi connectivity index (χ3n) is 0. The molecule has 8 heavy (non-hydrogen) atoms. The van der Waals surface area contributed by atoms with Crippen LogP contribution in [-0.4, -0.2) is 17.5 Å². The van der Waals surface area contributed by atoms with Crippen molar-refractivity contribution in [2.24, 2.45) is 0 Å². The van der Waals surface area contributed by atoms with Crippen molar-refractivity contribution >= 4 is 47.6 Å². The molecule has 0 bridgehead atoms. The predicted molar refractivity (Wildman–Crippen MR) is 42.2 cm³/mol. The number of rotatable bonds is 0. The van der Waals surface area contributed by atoms with Crippen LogP contribution in [-0.2, 0) is 10.4 Å². The quantitative estimate of drug-likeness (QED) is 0.316. The van der Waals surface area contributed by atoms with E-state index in [2.05, 4.69) is 37.2 Å². The fourth-order valence-corrected chi connectivity index (χ4v) is 0. The molecular weight excluding hydrogens is 477 g/mol. The van der Waals surface area contributed by atoms with E-state index in [0.717, 1.165) is 0 Å². The summed E-state index contributed by atoms with van der Waals surface area (Å²) < 4.78 is 31.6. The average Bonchev–Trinajstić information content (AvgIpc) is 1.27. The van der Waals surface area contributed by atoms with Crippen molar-refractivity contribution < 1.29 is 30.8 Å². The van der Waals surface area contributed by atoms with E-state index >= 15 is 0 Å². The van der Waals surface area contributed by atoms with Gasteiger partial charge in [-0.2, -0.15) is 8.42 Å². The molecule has 0 saturated heterocycles. The Morgan fingerprint density at radius 2 is 1.25 bits per heavy atom. The Morgan fingerprint density at radius 1 is 1.25 bits per heavy atom. The summed E-state index contributed by atoms with van der Waals surface area (Å²) >= 11 is 5.30. The van der Waals surface area contributed by atoms with Crippen LogP contribution in [0.1, 0.15) is 0 Å². The van der Waals surface area contributed by atoms with Crippen LogP contribution in [0.3, 0.4) is 0 Å². The second-order valence-electron chi connectivity index (χ2n) is 0.502. The van der Waals surface area contributed by atoms with E-state index in [0.29, 0.717) is 13.3 Å². The Bertz CT molecular complexity index is 105. The standard InChI is InChI=1S/I3.H2O4S/c1-3-2;1-5(2,3)4/h;(H2,1,2,3,4)/q-1;. The Labute approximate surface area is 77.0 Å². The average molecular weight is 479 g/mol. The molecule has 4 nitrogen and oxygen atoms in total. The molecule has 0 unspecified atom stereocenters. The summed E-state index contributed by atoms with van der Waals surface area (Å²) in [5.41, 5.74) is 0. The van der Waals surface area contributed by atoms with E-state index in [1.165, 1.54) is 0 Å². The molecule has 0 aromatic carbocycles. The number of hydrogen-bond acceptors (Lipinski definition) is 2. The summed E-state index contributed by atoms with van der Waals surface area (Å²) in [6, 6.07) is 0. The molecule has 0 aliphatic rings. The molecule has 0 saturated carbocycles. The van der Waals surface area contributed by atoms with Crippen LogP contribution in [0.2, 0.25) is 0 Å². The van der Waals surface area contributed by atoms with E-state index in [1.54, 1.807) is 0 Å². The van der Waals surface area contributed by atoms with Crippen LogP contribution in [0.15, 0.2) is 0 Å². The Morgan fingerprint density at radius 3 is 1.25 bits per heavy atom. The van der Waals surface area contributed by atoms with Gasteiger partial charge in [-0.05, 0) is 0 Å². The van der Waals surface area contributed by atoms with Gasteiger partial charge in [-0.3, -0.25) is 9.11 Å². The van der Waals surface area contributed by atoms with E-state index in [-0.39, 0.29) is 0 Å². The van der Waals surface area contributed by atoms with Gasteiger partial charge in [0.1, 0.15) is 0 Å². The second kappa shape index (κ2) is 7.17. The van der Waals surface area contributed by atoms with Gasteiger partial charge in [0.25, 0.3) is 0 Å². The molecule has 0 aliphatic heterocycles. The fourth-order valence-electron chi connectivity index (χ4n) is 0. The fraction of sp³-hybridized carbons (Fsp3) is 0. The normalized spacial score (nSPS) is 10.0. The first kappa shape index (κ1) is 12.7. The third-order valence-corrected chi connectivity index (χ3v) is 0. The van der Waals surface area contributed by atoms with Crippen LogP contribution in [0.5, 0.6) is 0 Å². The molecule has 0 aliphatic carbocycles. The maximum absolute atomic E-state index is 8.74. The number of halogens is 3. The summed E-state index contributed by atoms with van der Waals surface area (Å²) in [5, 5.41) is 0. The molecule has 54 valence electrons. The zero-order valence-electron chi connectivity index (χ0n) is 3.25. The molecule has 0 atom stereocenters. The topological polar surface area (TPSA) is 74.6 Å². The molecule has 0 fully saturated rings. The van der Waals surface area contributed by atoms with Gasteiger partial charge in [-0.15, -0.1) is 0 Å². The second-order valence-corrected chi connectivity index (χ2v) is 17.6. The maximum Gasteiger partial charge on any atom is 0.394 e. The zero-order valence-corrected chi connectivity index (χ0v) is 10.5. The van der Waals surface area contributed by atoms with Crippen LogP contribution in [0.25, 0.3) is 0 Å². The van der Waals surface area contributed by atoms with Gasteiger partial charge in [-0.1, -0.05) is 0 Å². The summed E-state index contributed by atoms with van der Waals surface area (Å²) in [7, 11) is -4.67. The molecule has 8 heteroatoms. The largest absolute Gasteiger partial charge is 0.394 e. The summed E-state index contributed by atoms with van der Waals surface area (Å²) in [6.45, 7) is 0. The van der Waals surface area contributed by atoms with Crippen molar-refractivity contribution in [1.82, 2.24) is 0 Å². The van der Waals surface area contributed by atoms with Crippen LogP contribution in [0.4, 0.5) is 0 Å². The predicted octanol–water partition coefficient (Wildman–Crippen LogP) is -1.88. The molecule has 0 amide bonds. The monoisotopic (exact) mass is 479 g/mol. The van der Waals surface area contributed by atoms with E-state index in [4.69, 9.17) is 17.5 Å². The molecule has 0 spiro atoms. The molecule has 0 aromatic heterocycles. The number of hydrogen-bond donors (Lipinski definition) is 2. The van der Waals surface area contributed by atoms with Crippen molar-refractivity contribution in [3.63, 3.8) is 0 Å². The minimum atomic E-state index is -4.67. The molecule has 0 radical (unpaired) electrons. The first-order valence-corrected chi connectivity index (χ1v) is 15.0. The van der Waals surface area contributed by atoms with Gasteiger partial charge in [-0.25, -0.2) is 0 Å². The van der Waals surface area contributed by atoms with Gasteiger partial charge in [0, 0.05) is 0 Å². The molecular formula is H2I3O4S-. The van der Waals surface area contributed by atoms with E-state index < -0.39 is 10.4 Å². The van der Waals surface area contributed by atoms with E-state index in [9.17, 15) is 0 Å². The van der Waals surface area contributed by atoms with Crippen molar-refractivity contribution in [1.29, 1.82) is 0 Å². The maximum atomic E-state index is 8.74. The smallest absolute Gasteiger partial charge is 0.264 e. The first-order valence-electron chi connectivity index (χ1n) is 0.984. The van der Waals surface area contributed by atoms with Gasteiger partial charge in [0.2, 0.25) is 0 Å². The first-order chi connectivity index (χ1) is 3.41. The third kappa shape index (κ3) is 94.7. The molecule has 2 N–H and O–H groups in total. The van der Waals surface area contributed by atoms with Crippen molar-refractivity contribution in [2.75, 3.05) is 0 Å². The molecule has 0 aromatic rings. The van der Waals surface area contributed by atoms with Gasteiger partial charge in [0.05, 0.1) is 0 Å². The van der Waals surface area contributed by atoms with Crippen molar-refractivity contribution in [3.8, 4) is 0 Å². The minimum Gasteiger partial charge on any atom is -0.264 e. The molecule has 0 heterocycles. The van der Waals surface area contributed by atoms with Gasteiger partial charge in [0.15, 0.2) is 0 Å². The van der Waals surface area contributed by atoms with Crippen molar-refractivity contribution in [3.05, 3.63) is 0 Å². The van der Waals surface area contributed by atoms with E-state index in [1.807, 2.05) is 0 Å². The zero-order chi connectivity index (χ0) is 7.21. The summed E-state index contributed by atoms with van der Waals surface area (Å²) in [5.74, 6) is 0. The van der Waals surface area contributed by atoms with Crippen LogP contribution < -0.4 is 13.3 Å². The Hall–Kier alpha value is 2.06. The molecule has 0 rings (SSSR count). The summed E-state index contributed by atoms with van der Waals surface area (Å²) in [4.78, 5) is 0. The van der Waals surface area contributed by atoms with Crippen LogP contribution >= 0.6 is 37.2 Å². The Balaban J connectivity index is 0.